The second kappa shape index (κ2) is 6.89. The predicted octanol–water partition coefficient (Wildman–Crippen LogP) is 1.76. The maximum Gasteiger partial charge on any atom is 0.253 e. The summed E-state index contributed by atoms with van der Waals surface area (Å²) >= 11 is 0. The Hall–Kier alpha value is -1.95. The summed E-state index contributed by atoms with van der Waals surface area (Å²) in [5, 5.41) is 7.81. The van der Waals surface area contributed by atoms with Gasteiger partial charge in [-0.3, -0.25) is 19.4 Å². The summed E-state index contributed by atoms with van der Waals surface area (Å²) in [5.74, 6) is 0.566. The summed E-state index contributed by atoms with van der Waals surface area (Å²) in [6.07, 6.45) is 10.4. The molecule has 2 aliphatic rings. The van der Waals surface area contributed by atoms with Gasteiger partial charge in [-0.2, -0.15) is 5.10 Å². The Morgan fingerprint density at radius 3 is 2.88 bits per heavy atom. The van der Waals surface area contributed by atoms with Crippen molar-refractivity contribution < 1.29 is 0 Å². The van der Waals surface area contributed by atoms with Gasteiger partial charge in [0.25, 0.3) is 5.56 Å². The number of aromatic nitrogens is 4. The number of aryl methyl sites for hydroxylation is 1. The van der Waals surface area contributed by atoms with Gasteiger partial charge in [-0.1, -0.05) is 0 Å². The molecule has 0 unspecified atom stereocenters. The van der Waals surface area contributed by atoms with Crippen LogP contribution in [-0.4, -0.2) is 37.7 Å². The third-order valence-corrected chi connectivity index (χ3v) is 5.47. The Bertz CT molecular complexity index is 742. The fourth-order valence-corrected chi connectivity index (χ4v) is 4.01. The second-order valence-electron chi connectivity index (χ2n) is 7.12. The van der Waals surface area contributed by atoms with Crippen LogP contribution in [0.15, 0.2) is 23.4 Å². The quantitative estimate of drug-likeness (QED) is 0.929. The molecule has 1 N–H and O–H groups in total. The molecule has 0 aromatic carbocycles. The number of rotatable bonds is 4. The fourth-order valence-electron chi connectivity index (χ4n) is 4.01. The number of aromatic amines is 1. The van der Waals surface area contributed by atoms with Crippen LogP contribution in [0.2, 0.25) is 0 Å². The van der Waals surface area contributed by atoms with E-state index in [1.807, 2.05) is 0 Å². The molecule has 0 amide bonds. The molecule has 6 nitrogen and oxygen atoms in total. The summed E-state index contributed by atoms with van der Waals surface area (Å²) in [7, 11) is 0. The Morgan fingerprint density at radius 2 is 2.04 bits per heavy atom. The standard InChI is InChI=1S/C18H25N5O/c24-18-5-8-19-13-23(18)11-14-6-9-22(10-7-14)12-17-15-3-1-2-4-16(15)20-21-17/h5,8,13-14H,1-4,6-7,9-12H2,(H,20,21). The van der Waals surface area contributed by atoms with Crippen molar-refractivity contribution in [2.75, 3.05) is 13.1 Å². The smallest absolute Gasteiger partial charge is 0.253 e. The Kier molecular flexibility index (Phi) is 4.47. The lowest BCUT2D eigenvalue weighted by atomic mass is 9.94. The van der Waals surface area contributed by atoms with E-state index in [-0.39, 0.29) is 5.56 Å². The number of hydrogen-bond acceptors (Lipinski definition) is 4. The Labute approximate surface area is 141 Å². The molecular weight excluding hydrogens is 302 g/mol. The number of piperidine rings is 1. The van der Waals surface area contributed by atoms with Crippen LogP contribution in [0.4, 0.5) is 0 Å². The van der Waals surface area contributed by atoms with Gasteiger partial charge in [-0.05, 0) is 63.1 Å². The molecule has 0 bridgehead atoms. The van der Waals surface area contributed by atoms with Crippen LogP contribution >= 0.6 is 0 Å². The molecule has 0 atom stereocenters. The molecule has 0 spiro atoms. The average molecular weight is 327 g/mol. The van der Waals surface area contributed by atoms with Crippen molar-refractivity contribution in [1.29, 1.82) is 0 Å². The van der Waals surface area contributed by atoms with Crippen LogP contribution in [0.25, 0.3) is 0 Å². The molecule has 1 aliphatic carbocycles. The first-order chi connectivity index (χ1) is 11.8. The molecule has 4 rings (SSSR count). The van der Waals surface area contributed by atoms with E-state index in [1.165, 1.54) is 42.3 Å². The summed E-state index contributed by atoms with van der Waals surface area (Å²) in [4.78, 5) is 18.4. The van der Waals surface area contributed by atoms with Gasteiger partial charge in [0.05, 0.1) is 12.0 Å². The van der Waals surface area contributed by atoms with Crippen LogP contribution in [0.5, 0.6) is 0 Å². The van der Waals surface area contributed by atoms with Crippen LogP contribution in [-0.2, 0) is 25.9 Å². The predicted molar refractivity (Wildman–Crippen MR) is 91.7 cm³/mol. The molecule has 2 aromatic rings. The largest absolute Gasteiger partial charge is 0.299 e. The molecule has 2 aromatic heterocycles. The lowest BCUT2D eigenvalue weighted by Crippen LogP contribution is -2.36. The molecule has 1 saturated heterocycles. The van der Waals surface area contributed by atoms with Crippen molar-refractivity contribution in [1.82, 2.24) is 24.6 Å². The summed E-state index contributed by atoms with van der Waals surface area (Å²) in [5.41, 5.74) is 4.15. The van der Waals surface area contributed by atoms with E-state index in [1.54, 1.807) is 17.1 Å². The van der Waals surface area contributed by atoms with E-state index in [2.05, 4.69) is 20.1 Å². The minimum atomic E-state index is 0.0515. The summed E-state index contributed by atoms with van der Waals surface area (Å²) < 4.78 is 1.74. The molecule has 24 heavy (non-hydrogen) atoms. The average Bonchev–Trinajstić information content (AvgIpc) is 3.02. The summed E-state index contributed by atoms with van der Waals surface area (Å²) in [6.45, 7) is 3.92. The SMILES string of the molecule is O=c1ccncn1CC1CCN(Cc2n[nH]c3c2CCCC3)CC1. The Balaban J connectivity index is 1.33. The molecule has 6 heteroatoms. The lowest BCUT2D eigenvalue weighted by Gasteiger charge is -2.32. The fraction of sp³-hybridized carbons (Fsp3) is 0.611. The summed E-state index contributed by atoms with van der Waals surface area (Å²) in [6, 6.07) is 1.54. The minimum absolute atomic E-state index is 0.0515. The number of nitrogens with one attached hydrogen (secondary N) is 1. The van der Waals surface area contributed by atoms with Crippen molar-refractivity contribution in [2.24, 2.45) is 5.92 Å². The van der Waals surface area contributed by atoms with E-state index in [0.29, 0.717) is 5.92 Å². The zero-order valence-electron chi connectivity index (χ0n) is 14.1. The topological polar surface area (TPSA) is 66.8 Å². The highest BCUT2D eigenvalue weighted by atomic mass is 16.1. The lowest BCUT2D eigenvalue weighted by molar-refractivity contribution is 0.164. The second-order valence-corrected chi connectivity index (χ2v) is 7.12. The molecule has 1 fully saturated rings. The van der Waals surface area contributed by atoms with Crippen molar-refractivity contribution in [3.63, 3.8) is 0 Å². The van der Waals surface area contributed by atoms with E-state index in [4.69, 9.17) is 0 Å². The monoisotopic (exact) mass is 327 g/mol. The van der Waals surface area contributed by atoms with Gasteiger partial charge in [0.1, 0.15) is 0 Å². The number of likely N-dealkylation sites (tertiary alicyclic amines) is 1. The highest BCUT2D eigenvalue weighted by Gasteiger charge is 2.23. The molecule has 0 saturated carbocycles. The van der Waals surface area contributed by atoms with Gasteiger partial charge in [-0.15, -0.1) is 0 Å². The highest BCUT2D eigenvalue weighted by Crippen LogP contribution is 2.25. The normalized spacial score (nSPS) is 19.3. The van der Waals surface area contributed by atoms with E-state index < -0.39 is 0 Å². The van der Waals surface area contributed by atoms with Crippen molar-refractivity contribution >= 4 is 0 Å². The molecular formula is C18H25N5O. The molecule has 1 aliphatic heterocycles. The van der Waals surface area contributed by atoms with Crippen LogP contribution in [0.3, 0.4) is 0 Å². The molecule has 0 radical (unpaired) electrons. The third-order valence-electron chi connectivity index (χ3n) is 5.47. The van der Waals surface area contributed by atoms with E-state index in [9.17, 15) is 4.79 Å². The van der Waals surface area contributed by atoms with Gasteiger partial charge in [0.15, 0.2) is 0 Å². The van der Waals surface area contributed by atoms with Gasteiger partial charge in [0, 0.05) is 31.0 Å². The van der Waals surface area contributed by atoms with Gasteiger partial charge < -0.3 is 0 Å². The van der Waals surface area contributed by atoms with E-state index >= 15 is 0 Å². The maximum absolute atomic E-state index is 11.8. The molecule has 128 valence electrons. The van der Waals surface area contributed by atoms with Gasteiger partial charge in [0.2, 0.25) is 0 Å². The number of nitrogens with zero attached hydrogens (tertiary/aromatic N) is 4. The van der Waals surface area contributed by atoms with Crippen molar-refractivity contribution in [2.45, 2.75) is 51.6 Å². The van der Waals surface area contributed by atoms with Crippen LogP contribution < -0.4 is 5.56 Å². The first-order valence-electron chi connectivity index (χ1n) is 9.07. The van der Waals surface area contributed by atoms with Crippen molar-refractivity contribution in [3.8, 4) is 0 Å². The van der Waals surface area contributed by atoms with Gasteiger partial charge >= 0.3 is 0 Å². The molecule has 3 heterocycles. The number of fused-ring (bicyclic) bond motifs is 1. The van der Waals surface area contributed by atoms with Crippen LogP contribution in [0.1, 0.15) is 42.6 Å². The minimum Gasteiger partial charge on any atom is -0.299 e. The number of H-pyrrole nitrogens is 1. The zero-order valence-corrected chi connectivity index (χ0v) is 14.1. The highest BCUT2D eigenvalue weighted by molar-refractivity contribution is 5.27. The Morgan fingerprint density at radius 1 is 1.21 bits per heavy atom. The van der Waals surface area contributed by atoms with E-state index in [0.717, 1.165) is 45.4 Å². The third kappa shape index (κ3) is 3.29. The first kappa shape index (κ1) is 15.6. The maximum atomic E-state index is 11.8. The first-order valence-corrected chi connectivity index (χ1v) is 9.07. The van der Waals surface area contributed by atoms with Gasteiger partial charge in [-0.25, -0.2) is 4.98 Å². The van der Waals surface area contributed by atoms with Crippen LogP contribution in [0, 0.1) is 5.92 Å². The zero-order chi connectivity index (χ0) is 16.4. The number of hydrogen-bond donors (Lipinski definition) is 1. The van der Waals surface area contributed by atoms with Crippen molar-refractivity contribution in [3.05, 3.63) is 45.9 Å².